The van der Waals surface area contributed by atoms with Crippen molar-refractivity contribution in [1.82, 2.24) is 4.98 Å². The van der Waals surface area contributed by atoms with Crippen molar-refractivity contribution in [3.63, 3.8) is 0 Å². The maximum atomic E-state index is 14.9. The van der Waals surface area contributed by atoms with Crippen LogP contribution in [0, 0.1) is 5.82 Å². The number of aliphatic imine (C=N–C) groups is 1. The molecular weight excluding hydrogens is 427 g/mol. The van der Waals surface area contributed by atoms with Crippen molar-refractivity contribution < 1.29 is 13.9 Å². The molecule has 6 nitrogen and oxygen atoms in total. The number of amides is 1. The molecule has 1 aromatic heterocycles. The number of nitrogens with two attached hydrogens (primary N) is 1. The van der Waals surface area contributed by atoms with Crippen molar-refractivity contribution >= 4 is 40.1 Å². The molecule has 1 saturated heterocycles. The zero-order valence-corrected chi connectivity index (χ0v) is 18.0. The minimum atomic E-state index is -0.837. The number of hydrogen-bond acceptors (Lipinski definition) is 6. The molecule has 1 atom stereocenters. The van der Waals surface area contributed by atoms with Crippen LogP contribution in [0.1, 0.15) is 42.2 Å². The number of benzene rings is 1. The second kappa shape index (κ2) is 8.17. The average molecular weight is 449 g/mol. The van der Waals surface area contributed by atoms with Crippen LogP contribution >= 0.6 is 23.4 Å². The van der Waals surface area contributed by atoms with Crippen molar-refractivity contribution in [2.24, 2.45) is 10.7 Å². The van der Waals surface area contributed by atoms with E-state index in [0.717, 1.165) is 12.8 Å². The van der Waals surface area contributed by atoms with E-state index in [1.54, 1.807) is 23.9 Å². The summed E-state index contributed by atoms with van der Waals surface area (Å²) in [6.07, 6.45) is 3.72. The molecule has 3 N–H and O–H groups in total. The number of nitrogens with one attached hydrogen (secondary N) is 1. The highest BCUT2D eigenvalue weighted by molar-refractivity contribution is 8.15. The molecule has 1 amide bonds. The second-order valence-corrected chi connectivity index (χ2v) is 9.73. The summed E-state index contributed by atoms with van der Waals surface area (Å²) in [6, 6.07) is 7.61. The van der Waals surface area contributed by atoms with Gasteiger partial charge in [0.05, 0.1) is 10.6 Å². The van der Waals surface area contributed by atoms with E-state index in [9.17, 15) is 9.18 Å². The Bertz CT molecular complexity index is 995. The van der Waals surface area contributed by atoms with Gasteiger partial charge in [-0.05, 0) is 56.5 Å². The Morgan fingerprint density at radius 1 is 1.30 bits per heavy atom. The fraction of sp³-hybridized carbons (Fsp3) is 0.381. The molecule has 1 fully saturated rings. The van der Waals surface area contributed by atoms with Gasteiger partial charge < -0.3 is 15.8 Å². The van der Waals surface area contributed by atoms with Crippen LogP contribution in [0.15, 0.2) is 41.5 Å². The molecule has 0 bridgehead atoms. The first-order chi connectivity index (χ1) is 14.3. The van der Waals surface area contributed by atoms with Crippen LogP contribution in [-0.2, 0) is 10.3 Å². The Balaban J connectivity index is 1.63. The predicted octanol–water partition coefficient (Wildman–Crippen LogP) is 4.34. The van der Waals surface area contributed by atoms with Gasteiger partial charge >= 0.3 is 0 Å². The molecule has 0 unspecified atom stereocenters. The number of carbonyl (C=O) groups is 1. The number of ether oxygens (including phenoxy) is 1. The van der Waals surface area contributed by atoms with Gasteiger partial charge in [-0.25, -0.2) is 9.37 Å². The number of aromatic nitrogens is 1. The number of thioether (sulfide) groups is 1. The first kappa shape index (κ1) is 21.1. The fourth-order valence-corrected chi connectivity index (χ4v) is 5.62. The van der Waals surface area contributed by atoms with Crippen LogP contribution in [0.25, 0.3) is 0 Å². The lowest BCUT2D eigenvalue weighted by Gasteiger charge is -2.45. The standard InChI is InChI=1S/C21H22ClFN4O2S/c1-20(12-21(30-19(24)27-20)6-8-29-9-7-21)15-10-14(3-4-16(15)23)26-18(28)17-5-2-13(22)11-25-17/h2-5,10-11H,6-9,12H2,1H3,(H2,24,27)(H,26,28)/t20-/m1/s1. The van der Waals surface area contributed by atoms with E-state index in [-0.39, 0.29) is 16.3 Å². The number of rotatable bonds is 3. The van der Waals surface area contributed by atoms with E-state index < -0.39 is 11.4 Å². The molecule has 2 aromatic rings. The van der Waals surface area contributed by atoms with Gasteiger partial charge in [0, 0.05) is 35.4 Å². The van der Waals surface area contributed by atoms with E-state index in [4.69, 9.17) is 22.1 Å². The van der Waals surface area contributed by atoms with Crippen molar-refractivity contribution in [2.45, 2.75) is 36.5 Å². The van der Waals surface area contributed by atoms with Crippen LogP contribution in [0.5, 0.6) is 0 Å². The summed E-state index contributed by atoms with van der Waals surface area (Å²) in [4.78, 5) is 21.1. The number of amidine groups is 1. The lowest BCUT2D eigenvalue weighted by Crippen LogP contribution is -2.45. The summed E-state index contributed by atoms with van der Waals surface area (Å²) in [7, 11) is 0. The van der Waals surface area contributed by atoms with Crippen LogP contribution in [0.3, 0.4) is 0 Å². The maximum absolute atomic E-state index is 14.9. The number of nitrogens with zero attached hydrogens (tertiary/aromatic N) is 2. The van der Waals surface area contributed by atoms with Gasteiger partial charge in [0.1, 0.15) is 11.5 Å². The normalized spacial score (nSPS) is 23.1. The number of halogens is 2. The second-order valence-electron chi connectivity index (χ2n) is 7.81. The fourth-order valence-electron chi connectivity index (χ4n) is 4.09. The smallest absolute Gasteiger partial charge is 0.274 e. The average Bonchev–Trinajstić information content (AvgIpc) is 2.69. The highest BCUT2D eigenvalue weighted by Gasteiger charge is 2.46. The summed E-state index contributed by atoms with van der Waals surface area (Å²) in [5.74, 6) is -0.789. The van der Waals surface area contributed by atoms with E-state index in [2.05, 4.69) is 15.3 Å². The topological polar surface area (TPSA) is 89.6 Å². The predicted molar refractivity (Wildman–Crippen MR) is 118 cm³/mol. The highest BCUT2D eigenvalue weighted by Crippen LogP contribution is 2.50. The molecule has 0 saturated carbocycles. The van der Waals surface area contributed by atoms with Crippen molar-refractivity contribution in [3.8, 4) is 0 Å². The summed E-state index contributed by atoms with van der Waals surface area (Å²) in [5.41, 5.74) is 6.41. The minimum Gasteiger partial charge on any atom is -0.381 e. The molecule has 4 rings (SSSR count). The quantitative estimate of drug-likeness (QED) is 0.728. The third-order valence-electron chi connectivity index (χ3n) is 5.51. The SMILES string of the molecule is C[C@]1(c2cc(NC(=O)c3ccc(Cl)cn3)ccc2F)CC2(CCOCC2)SC(N)=N1. The molecule has 1 aromatic carbocycles. The highest BCUT2D eigenvalue weighted by atomic mass is 35.5. The van der Waals surface area contributed by atoms with Crippen LogP contribution < -0.4 is 11.1 Å². The van der Waals surface area contributed by atoms with Crippen molar-refractivity contribution in [2.75, 3.05) is 18.5 Å². The first-order valence-corrected chi connectivity index (χ1v) is 10.8. The zero-order chi connectivity index (χ0) is 21.4. The van der Waals surface area contributed by atoms with Gasteiger partial charge in [0.25, 0.3) is 5.91 Å². The number of carbonyl (C=O) groups excluding carboxylic acids is 1. The van der Waals surface area contributed by atoms with Crippen LogP contribution in [0.2, 0.25) is 5.02 Å². The third kappa shape index (κ3) is 4.31. The lowest BCUT2D eigenvalue weighted by atomic mass is 9.79. The summed E-state index contributed by atoms with van der Waals surface area (Å²) < 4.78 is 20.3. The summed E-state index contributed by atoms with van der Waals surface area (Å²) in [5, 5.41) is 3.66. The van der Waals surface area contributed by atoms with E-state index >= 15 is 0 Å². The minimum absolute atomic E-state index is 0.127. The molecule has 30 heavy (non-hydrogen) atoms. The van der Waals surface area contributed by atoms with Gasteiger partial charge in [0.15, 0.2) is 5.17 Å². The van der Waals surface area contributed by atoms with Gasteiger partial charge in [0.2, 0.25) is 0 Å². The van der Waals surface area contributed by atoms with Crippen molar-refractivity contribution in [3.05, 3.63) is 58.6 Å². The van der Waals surface area contributed by atoms with E-state index in [1.807, 2.05) is 6.92 Å². The molecule has 2 aliphatic rings. The van der Waals surface area contributed by atoms with E-state index in [0.29, 0.717) is 41.1 Å². The van der Waals surface area contributed by atoms with Crippen LogP contribution in [-0.4, -0.2) is 34.0 Å². The van der Waals surface area contributed by atoms with Gasteiger partial charge in [-0.1, -0.05) is 23.4 Å². The van der Waals surface area contributed by atoms with Gasteiger partial charge in [-0.15, -0.1) is 0 Å². The maximum Gasteiger partial charge on any atom is 0.274 e. The molecule has 2 aliphatic heterocycles. The molecule has 0 aliphatic carbocycles. The largest absolute Gasteiger partial charge is 0.381 e. The Labute approximate surface area is 183 Å². The zero-order valence-electron chi connectivity index (χ0n) is 16.5. The Kier molecular flexibility index (Phi) is 5.74. The van der Waals surface area contributed by atoms with Crippen molar-refractivity contribution in [1.29, 1.82) is 0 Å². The monoisotopic (exact) mass is 448 g/mol. The Hall–Kier alpha value is -2.16. The lowest BCUT2D eigenvalue weighted by molar-refractivity contribution is 0.0690. The molecule has 0 radical (unpaired) electrons. The number of pyridine rings is 1. The summed E-state index contributed by atoms with van der Waals surface area (Å²) >= 11 is 7.38. The molecular formula is C21H22ClFN4O2S. The molecule has 9 heteroatoms. The Morgan fingerprint density at radius 2 is 2.07 bits per heavy atom. The number of anilines is 1. The van der Waals surface area contributed by atoms with Gasteiger partial charge in [-0.3, -0.25) is 9.79 Å². The van der Waals surface area contributed by atoms with E-state index in [1.165, 1.54) is 24.4 Å². The Morgan fingerprint density at radius 3 is 2.77 bits per heavy atom. The third-order valence-corrected chi connectivity index (χ3v) is 7.02. The van der Waals surface area contributed by atoms with Crippen LogP contribution in [0.4, 0.5) is 10.1 Å². The molecule has 158 valence electrons. The molecule has 1 spiro atoms. The van der Waals surface area contributed by atoms with Gasteiger partial charge in [-0.2, -0.15) is 0 Å². The first-order valence-electron chi connectivity index (χ1n) is 9.64. The number of hydrogen-bond donors (Lipinski definition) is 2. The molecule has 3 heterocycles. The summed E-state index contributed by atoms with van der Waals surface area (Å²) in [6.45, 7) is 3.20.